The molecule has 0 spiro atoms. The van der Waals surface area contributed by atoms with Crippen LogP contribution in [0.15, 0.2) is 28.0 Å². The third-order valence-corrected chi connectivity index (χ3v) is 7.69. The van der Waals surface area contributed by atoms with E-state index in [2.05, 4.69) is 18.7 Å². The first-order valence-corrected chi connectivity index (χ1v) is 12.5. The molecule has 0 aliphatic carbocycles. The Bertz CT molecular complexity index is 1160. The summed E-state index contributed by atoms with van der Waals surface area (Å²) in [4.78, 5) is 36.1. The van der Waals surface area contributed by atoms with E-state index < -0.39 is 0 Å². The van der Waals surface area contributed by atoms with Gasteiger partial charge in [0.25, 0.3) is 11.5 Å². The fourth-order valence-corrected chi connectivity index (χ4v) is 6.12. The Labute approximate surface area is 198 Å². The van der Waals surface area contributed by atoms with Crippen molar-refractivity contribution in [2.75, 3.05) is 18.0 Å². The summed E-state index contributed by atoms with van der Waals surface area (Å²) in [5.74, 6) is 1.55. The fourth-order valence-electron chi connectivity index (χ4n) is 4.68. The Morgan fingerprint density at radius 1 is 1.28 bits per heavy atom. The van der Waals surface area contributed by atoms with Gasteiger partial charge >= 0.3 is 0 Å². The van der Waals surface area contributed by atoms with Crippen molar-refractivity contribution < 1.29 is 4.79 Å². The Balaban J connectivity index is 1.89. The molecule has 2 aliphatic heterocycles. The SMILES string of the molecule is CC[C@H](C)N1C(=O)/C(=C/c2c(N3C[C@H](C)C[C@@H](C)C3)nc3c(C)cccn3c2=O)SC1=S. The van der Waals surface area contributed by atoms with Gasteiger partial charge in [-0.1, -0.05) is 50.8 Å². The number of amides is 1. The van der Waals surface area contributed by atoms with Crippen LogP contribution < -0.4 is 10.5 Å². The first-order chi connectivity index (χ1) is 15.2. The van der Waals surface area contributed by atoms with Crippen LogP contribution in [0.5, 0.6) is 0 Å². The van der Waals surface area contributed by atoms with Crippen LogP contribution in [-0.2, 0) is 4.79 Å². The molecule has 170 valence electrons. The van der Waals surface area contributed by atoms with Crippen molar-refractivity contribution in [1.29, 1.82) is 0 Å². The molecule has 2 aromatic rings. The molecule has 4 rings (SSSR count). The molecular formula is C24H30N4O2S2. The van der Waals surface area contributed by atoms with E-state index in [-0.39, 0.29) is 17.5 Å². The van der Waals surface area contributed by atoms with Crippen molar-refractivity contribution >= 4 is 51.7 Å². The highest BCUT2D eigenvalue weighted by Gasteiger charge is 2.35. The van der Waals surface area contributed by atoms with Gasteiger partial charge in [-0.05, 0) is 56.2 Å². The second-order valence-corrected chi connectivity index (χ2v) is 10.9. The minimum atomic E-state index is -0.159. The van der Waals surface area contributed by atoms with Crippen molar-refractivity contribution in [3.05, 3.63) is 44.7 Å². The second-order valence-electron chi connectivity index (χ2n) is 9.20. The Kier molecular flexibility index (Phi) is 6.45. The van der Waals surface area contributed by atoms with Gasteiger partial charge in [0.1, 0.15) is 15.8 Å². The molecule has 2 aliphatic rings. The van der Waals surface area contributed by atoms with Crippen molar-refractivity contribution in [3.8, 4) is 0 Å². The van der Waals surface area contributed by atoms with Gasteiger partial charge in [-0.25, -0.2) is 4.98 Å². The Morgan fingerprint density at radius 2 is 1.97 bits per heavy atom. The van der Waals surface area contributed by atoms with Gasteiger partial charge in [0.2, 0.25) is 0 Å². The van der Waals surface area contributed by atoms with Crippen LogP contribution in [0.3, 0.4) is 0 Å². The lowest BCUT2D eigenvalue weighted by Crippen LogP contribution is -2.41. The van der Waals surface area contributed by atoms with Crippen LogP contribution in [0, 0.1) is 18.8 Å². The Hall–Kier alpha value is -2.19. The number of pyridine rings is 1. The van der Waals surface area contributed by atoms with Crippen LogP contribution in [-0.4, -0.2) is 43.6 Å². The number of aromatic nitrogens is 2. The molecular weight excluding hydrogens is 440 g/mol. The normalized spacial score (nSPS) is 24.1. The molecule has 2 fully saturated rings. The average Bonchev–Trinajstić information content (AvgIpc) is 3.02. The number of thioether (sulfide) groups is 1. The number of hydrogen-bond acceptors (Lipinski definition) is 6. The van der Waals surface area contributed by atoms with Gasteiger partial charge in [-0.3, -0.25) is 18.9 Å². The highest BCUT2D eigenvalue weighted by Crippen LogP contribution is 2.36. The van der Waals surface area contributed by atoms with Gasteiger partial charge in [0, 0.05) is 25.3 Å². The van der Waals surface area contributed by atoms with E-state index in [9.17, 15) is 9.59 Å². The maximum atomic E-state index is 13.6. The summed E-state index contributed by atoms with van der Waals surface area (Å²) < 4.78 is 2.12. The third kappa shape index (κ3) is 4.10. The van der Waals surface area contributed by atoms with E-state index in [0.29, 0.717) is 38.1 Å². The maximum Gasteiger partial charge on any atom is 0.267 e. The number of aryl methyl sites for hydroxylation is 1. The lowest BCUT2D eigenvalue weighted by Gasteiger charge is -2.36. The minimum Gasteiger partial charge on any atom is -0.355 e. The zero-order valence-electron chi connectivity index (χ0n) is 19.3. The summed E-state index contributed by atoms with van der Waals surface area (Å²) in [6.07, 6.45) is 5.43. The molecule has 4 heterocycles. The number of rotatable bonds is 4. The van der Waals surface area contributed by atoms with Crippen LogP contribution in [0.2, 0.25) is 0 Å². The highest BCUT2D eigenvalue weighted by atomic mass is 32.2. The van der Waals surface area contributed by atoms with Gasteiger partial charge in [-0.2, -0.15) is 0 Å². The molecule has 32 heavy (non-hydrogen) atoms. The number of fused-ring (bicyclic) bond motifs is 1. The molecule has 2 aromatic heterocycles. The largest absolute Gasteiger partial charge is 0.355 e. The Morgan fingerprint density at radius 3 is 2.62 bits per heavy atom. The summed E-state index contributed by atoms with van der Waals surface area (Å²) in [6, 6.07) is 3.84. The van der Waals surface area contributed by atoms with Crippen LogP contribution in [0.1, 0.15) is 51.7 Å². The molecule has 1 amide bonds. The fraction of sp³-hybridized carbons (Fsp3) is 0.500. The number of nitrogens with zero attached hydrogens (tertiary/aromatic N) is 4. The summed E-state index contributed by atoms with van der Waals surface area (Å²) >= 11 is 6.76. The molecule has 0 bridgehead atoms. The minimum absolute atomic E-state index is 0.0233. The van der Waals surface area contributed by atoms with E-state index in [1.54, 1.807) is 21.6 Å². The molecule has 8 heteroatoms. The summed E-state index contributed by atoms with van der Waals surface area (Å²) in [6.45, 7) is 12.1. The number of carbonyl (C=O) groups excluding carboxylic acids is 1. The number of piperidine rings is 1. The molecule has 2 saturated heterocycles. The number of thiocarbonyl (C=S) groups is 1. The van der Waals surface area contributed by atoms with E-state index in [1.807, 2.05) is 32.9 Å². The number of anilines is 1. The van der Waals surface area contributed by atoms with Gasteiger partial charge < -0.3 is 4.90 Å². The monoisotopic (exact) mass is 470 g/mol. The highest BCUT2D eigenvalue weighted by molar-refractivity contribution is 8.26. The second kappa shape index (κ2) is 8.98. The lowest BCUT2D eigenvalue weighted by molar-refractivity contribution is -0.123. The molecule has 0 radical (unpaired) electrons. The quantitative estimate of drug-likeness (QED) is 0.485. The van der Waals surface area contributed by atoms with Crippen LogP contribution >= 0.6 is 24.0 Å². The summed E-state index contributed by atoms with van der Waals surface area (Å²) in [5, 5.41) is 0. The van der Waals surface area contributed by atoms with Gasteiger partial charge in [0.15, 0.2) is 0 Å². The van der Waals surface area contributed by atoms with Crippen molar-refractivity contribution in [2.45, 2.75) is 53.5 Å². The molecule has 0 saturated carbocycles. The average molecular weight is 471 g/mol. The summed E-state index contributed by atoms with van der Waals surface area (Å²) in [5.41, 5.74) is 1.90. The zero-order chi connectivity index (χ0) is 23.2. The topological polar surface area (TPSA) is 57.9 Å². The van der Waals surface area contributed by atoms with Crippen molar-refractivity contribution in [3.63, 3.8) is 0 Å². The lowest BCUT2D eigenvalue weighted by atomic mass is 9.91. The smallest absolute Gasteiger partial charge is 0.267 e. The van der Waals surface area contributed by atoms with E-state index >= 15 is 0 Å². The first kappa shape index (κ1) is 23.0. The van der Waals surface area contributed by atoms with Crippen LogP contribution in [0.25, 0.3) is 11.7 Å². The molecule has 0 N–H and O–H groups in total. The van der Waals surface area contributed by atoms with E-state index in [4.69, 9.17) is 17.2 Å². The predicted octanol–water partition coefficient (Wildman–Crippen LogP) is 4.48. The molecule has 6 nitrogen and oxygen atoms in total. The van der Waals surface area contributed by atoms with Gasteiger partial charge in [0.05, 0.1) is 10.5 Å². The van der Waals surface area contributed by atoms with Crippen molar-refractivity contribution in [1.82, 2.24) is 14.3 Å². The number of carbonyl (C=O) groups is 1. The van der Waals surface area contributed by atoms with Crippen molar-refractivity contribution in [2.24, 2.45) is 11.8 Å². The zero-order valence-corrected chi connectivity index (χ0v) is 20.9. The summed E-state index contributed by atoms with van der Waals surface area (Å²) in [7, 11) is 0. The maximum absolute atomic E-state index is 13.6. The molecule has 0 aromatic carbocycles. The molecule has 3 atom stereocenters. The third-order valence-electron chi connectivity index (χ3n) is 6.36. The first-order valence-electron chi connectivity index (χ1n) is 11.2. The van der Waals surface area contributed by atoms with E-state index in [0.717, 1.165) is 31.5 Å². The molecule has 0 unspecified atom stereocenters. The standard InChI is InChI=1S/C24H30N4O2S2/c1-6-17(5)28-23(30)19(32-24(28)31)11-18-21(26-12-14(2)10-15(3)13-26)25-20-16(4)8-7-9-27(20)22(18)29/h7-9,11,14-15,17H,6,10,12-13H2,1-5H3/b19-11-/t14-,15-,17+/m1/s1. The van der Waals surface area contributed by atoms with E-state index in [1.165, 1.54) is 11.8 Å². The number of hydrogen-bond donors (Lipinski definition) is 0. The predicted molar refractivity (Wildman–Crippen MR) is 136 cm³/mol. The van der Waals surface area contributed by atoms with Crippen LogP contribution in [0.4, 0.5) is 5.82 Å². The van der Waals surface area contributed by atoms with Gasteiger partial charge in [-0.15, -0.1) is 0 Å².